The molecule has 0 unspecified atom stereocenters. The van der Waals surface area contributed by atoms with Crippen LogP contribution in [0.2, 0.25) is 0 Å². The number of nitrogens with zero attached hydrogens (tertiary/aromatic N) is 2. The van der Waals surface area contributed by atoms with E-state index in [0.29, 0.717) is 27.6 Å². The molecule has 0 aliphatic heterocycles. The van der Waals surface area contributed by atoms with Crippen LogP contribution in [-0.2, 0) is 21.2 Å². The lowest BCUT2D eigenvalue weighted by molar-refractivity contribution is -0.131. The fraction of sp³-hybridized carbons (Fsp3) is 0.286. The smallest absolute Gasteiger partial charge is 0.264 e. The summed E-state index contributed by atoms with van der Waals surface area (Å²) in [5.74, 6) is -1.41. The lowest BCUT2D eigenvalue weighted by Gasteiger charge is -2.25. The van der Waals surface area contributed by atoms with E-state index >= 15 is 0 Å². The minimum Gasteiger partial charge on any atom is -0.299 e. The van der Waals surface area contributed by atoms with Crippen molar-refractivity contribution in [3.63, 3.8) is 0 Å². The minimum absolute atomic E-state index is 0.107. The van der Waals surface area contributed by atoms with E-state index in [1.807, 2.05) is 0 Å². The van der Waals surface area contributed by atoms with Crippen LogP contribution in [0, 0.1) is 12.7 Å². The van der Waals surface area contributed by atoms with Crippen LogP contribution in [0.15, 0.2) is 47.5 Å². The van der Waals surface area contributed by atoms with Gasteiger partial charge in [0.2, 0.25) is 0 Å². The summed E-state index contributed by atoms with van der Waals surface area (Å²) in [6.07, 6.45) is 1.91. The number of aryl methyl sites for hydroxylation is 2. The number of halogens is 1. The van der Waals surface area contributed by atoms with Crippen molar-refractivity contribution in [2.24, 2.45) is 0 Å². The van der Waals surface area contributed by atoms with Crippen LogP contribution in [0.4, 0.5) is 4.39 Å². The first-order valence-electron chi connectivity index (χ1n) is 9.38. The highest BCUT2D eigenvalue weighted by molar-refractivity contribution is 7.92. The Morgan fingerprint density at radius 2 is 1.87 bits per heavy atom. The number of carbonyl (C=O) groups is 1. The minimum atomic E-state index is -3.88. The Labute approximate surface area is 178 Å². The summed E-state index contributed by atoms with van der Waals surface area (Å²) >= 11 is 0. The fourth-order valence-corrected chi connectivity index (χ4v) is 4.03. The lowest BCUT2D eigenvalue weighted by atomic mass is 10.0. The van der Waals surface area contributed by atoms with Crippen molar-refractivity contribution in [1.29, 1.82) is 0 Å². The van der Waals surface area contributed by atoms with E-state index in [2.05, 4.69) is 4.98 Å². The Balaban J connectivity index is 1.95. The number of hydrogen-bond acceptors (Lipinski definition) is 6. The van der Waals surface area contributed by atoms with Crippen molar-refractivity contribution < 1.29 is 22.8 Å². The van der Waals surface area contributed by atoms with Gasteiger partial charge < -0.3 is 0 Å². The zero-order valence-electron chi connectivity index (χ0n) is 17.2. The van der Waals surface area contributed by atoms with Gasteiger partial charge in [-0.3, -0.25) is 19.4 Å². The van der Waals surface area contributed by atoms with E-state index in [9.17, 15) is 22.4 Å². The average molecular weight is 447 g/mol. The van der Waals surface area contributed by atoms with Gasteiger partial charge in [-0.2, -0.15) is 0 Å². The number of hydroxylamine groups is 1. The van der Waals surface area contributed by atoms with Crippen molar-refractivity contribution in [3.8, 4) is 11.1 Å². The Morgan fingerprint density at radius 3 is 2.48 bits per heavy atom. The van der Waals surface area contributed by atoms with Crippen molar-refractivity contribution in [1.82, 2.24) is 15.0 Å². The lowest BCUT2D eigenvalue weighted by Crippen LogP contribution is -2.50. The highest BCUT2D eigenvalue weighted by atomic mass is 32.2. The molecule has 3 aromatic rings. The molecule has 1 heterocycles. The second kappa shape index (κ2) is 8.20. The molecule has 2 N–H and O–H groups in total. The monoisotopic (exact) mass is 447 g/mol. The summed E-state index contributed by atoms with van der Waals surface area (Å²) in [5.41, 5.74) is 3.24. The third-order valence-electron chi connectivity index (χ3n) is 5.56. The van der Waals surface area contributed by atoms with Crippen LogP contribution in [-0.4, -0.2) is 40.1 Å². The molecule has 0 saturated carbocycles. The second-order valence-electron chi connectivity index (χ2n) is 7.63. The normalized spacial score (nSPS) is 13.7. The van der Waals surface area contributed by atoms with E-state index in [0.717, 1.165) is 6.26 Å². The number of amides is 1. The van der Waals surface area contributed by atoms with Gasteiger partial charge in [-0.05, 0) is 55.2 Å². The van der Waals surface area contributed by atoms with E-state index in [1.165, 1.54) is 29.4 Å². The number of sulfone groups is 1. The number of carbonyl (C=O) groups excluding carboxylic acids is 1. The zero-order valence-corrected chi connectivity index (χ0v) is 18.0. The quantitative estimate of drug-likeness (QED) is 0.442. The molecule has 31 heavy (non-hydrogen) atoms. The maximum Gasteiger partial charge on any atom is 0.264 e. The molecule has 0 radical (unpaired) electrons. The Kier molecular flexibility index (Phi) is 5.97. The van der Waals surface area contributed by atoms with Gasteiger partial charge in [-0.15, -0.1) is 0 Å². The molecule has 2 aromatic carbocycles. The van der Waals surface area contributed by atoms with Gasteiger partial charge in [0, 0.05) is 12.8 Å². The Hall–Kier alpha value is -3.11. The molecule has 8 nitrogen and oxygen atoms in total. The summed E-state index contributed by atoms with van der Waals surface area (Å²) in [4.78, 5) is 29.1. The van der Waals surface area contributed by atoms with E-state index < -0.39 is 26.1 Å². The summed E-state index contributed by atoms with van der Waals surface area (Å²) in [6, 6.07) is 9.78. The predicted molar refractivity (Wildman–Crippen MR) is 114 cm³/mol. The van der Waals surface area contributed by atoms with Crippen LogP contribution >= 0.6 is 0 Å². The SMILES string of the molecule is Cc1ccc(-c2ccc3c(=O)n(CC[C@@](C)(C(=O)NO)S(C)(=O)=O)cnc3c2)cc1F. The first-order chi connectivity index (χ1) is 14.5. The highest BCUT2D eigenvalue weighted by Gasteiger charge is 2.43. The molecule has 0 spiro atoms. The molecular weight excluding hydrogens is 425 g/mol. The van der Waals surface area contributed by atoms with Gasteiger partial charge in [0.15, 0.2) is 14.6 Å². The number of benzene rings is 2. The summed E-state index contributed by atoms with van der Waals surface area (Å²) in [6.45, 7) is 2.74. The molecule has 1 amide bonds. The molecule has 10 heteroatoms. The molecule has 1 aromatic heterocycles. The van der Waals surface area contributed by atoms with Crippen molar-refractivity contribution in [2.75, 3.05) is 6.26 Å². The average Bonchev–Trinajstić information content (AvgIpc) is 2.73. The fourth-order valence-electron chi connectivity index (χ4n) is 3.19. The number of hydrogen-bond donors (Lipinski definition) is 2. The van der Waals surface area contributed by atoms with Gasteiger partial charge in [-0.25, -0.2) is 23.3 Å². The number of aromatic nitrogens is 2. The molecule has 0 aliphatic carbocycles. The topological polar surface area (TPSA) is 118 Å². The third kappa shape index (κ3) is 4.21. The largest absolute Gasteiger partial charge is 0.299 e. The summed E-state index contributed by atoms with van der Waals surface area (Å²) in [5, 5.41) is 9.21. The van der Waals surface area contributed by atoms with E-state index in [1.54, 1.807) is 37.3 Å². The number of nitrogens with one attached hydrogen (secondary N) is 1. The van der Waals surface area contributed by atoms with Gasteiger partial charge in [0.05, 0.1) is 17.2 Å². The Bertz CT molecular complexity index is 1340. The Morgan fingerprint density at radius 1 is 1.23 bits per heavy atom. The summed E-state index contributed by atoms with van der Waals surface area (Å²) in [7, 11) is -3.88. The molecule has 0 fully saturated rings. The van der Waals surface area contributed by atoms with Crippen LogP contribution in [0.25, 0.3) is 22.0 Å². The maximum atomic E-state index is 13.9. The maximum absolute atomic E-state index is 13.9. The number of fused-ring (bicyclic) bond motifs is 1. The van der Waals surface area contributed by atoms with E-state index in [-0.39, 0.29) is 18.8 Å². The predicted octanol–water partition coefficient (Wildman–Crippen LogP) is 2.21. The highest BCUT2D eigenvalue weighted by Crippen LogP contribution is 2.25. The first-order valence-corrected chi connectivity index (χ1v) is 11.3. The molecule has 0 bridgehead atoms. The molecular formula is C21H22FN3O5S. The molecule has 0 aliphatic rings. The zero-order chi connectivity index (χ0) is 23.0. The second-order valence-corrected chi connectivity index (χ2v) is 10.1. The number of rotatable bonds is 6. The summed E-state index contributed by atoms with van der Waals surface area (Å²) < 4.78 is 37.4. The third-order valence-corrected chi connectivity index (χ3v) is 7.59. The van der Waals surface area contributed by atoms with E-state index in [4.69, 9.17) is 5.21 Å². The van der Waals surface area contributed by atoms with Crippen molar-refractivity contribution in [2.45, 2.75) is 31.6 Å². The van der Waals surface area contributed by atoms with Crippen LogP contribution in [0.3, 0.4) is 0 Å². The molecule has 0 saturated heterocycles. The van der Waals surface area contributed by atoms with Crippen LogP contribution in [0.5, 0.6) is 0 Å². The van der Waals surface area contributed by atoms with Gasteiger partial charge >= 0.3 is 0 Å². The van der Waals surface area contributed by atoms with Crippen LogP contribution in [0.1, 0.15) is 18.9 Å². The molecule has 3 rings (SSSR count). The van der Waals surface area contributed by atoms with Crippen LogP contribution < -0.4 is 11.0 Å². The van der Waals surface area contributed by atoms with Gasteiger partial charge in [0.1, 0.15) is 5.82 Å². The van der Waals surface area contributed by atoms with Crippen molar-refractivity contribution >= 4 is 26.6 Å². The molecule has 1 atom stereocenters. The van der Waals surface area contributed by atoms with Gasteiger partial charge in [0.25, 0.3) is 11.5 Å². The standard InChI is InChI=1S/C21H22FN3O5S/c1-13-4-5-14(10-17(13)22)15-6-7-16-18(11-15)23-12-25(19(16)26)9-8-21(2,20(27)24-28)31(3,29)30/h4-7,10-12,28H,8-9H2,1-3H3,(H,24,27)/t21-/m0/s1. The van der Waals surface area contributed by atoms with Crippen molar-refractivity contribution in [3.05, 3.63) is 64.5 Å². The molecule has 164 valence electrons. The van der Waals surface area contributed by atoms with Gasteiger partial charge in [-0.1, -0.05) is 18.2 Å². The first kappa shape index (κ1) is 22.6.